The van der Waals surface area contributed by atoms with Gasteiger partial charge in [0.15, 0.2) is 0 Å². The number of amides is 3. The van der Waals surface area contributed by atoms with E-state index in [9.17, 15) is 14.7 Å². The number of benzene rings is 2. The number of aliphatic hydroxyl groups is 1. The minimum Gasteiger partial charge on any atom is -0.381 e. The highest BCUT2D eigenvalue weighted by Gasteiger charge is 2.12. The van der Waals surface area contributed by atoms with Crippen LogP contribution in [0, 0.1) is 0 Å². The lowest BCUT2D eigenvalue weighted by Gasteiger charge is -2.11. The second kappa shape index (κ2) is 6.03. The van der Waals surface area contributed by atoms with Gasteiger partial charge in [-0.25, -0.2) is 4.79 Å². The SMILES string of the molecule is NC(=O)C(O)CNC(=O)Nc1cccc2ccccc12. The molecule has 0 aromatic heterocycles. The summed E-state index contributed by atoms with van der Waals surface area (Å²) >= 11 is 0. The monoisotopic (exact) mass is 273 g/mol. The molecular formula is C14H15N3O3. The minimum atomic E-state index is -1.40. The van der Waals surface area contributed by atoms with Crippen molar-refractivity contribution in [2.24, 2.45) is 5.73 Å². The smallest absolute Gasteiger partial charge is 0.319 e. The summed E-state index contributed by atoms with van der Waals surface area (Å²) in [6.07, 6.45) is -1.40. The van der Waals surface area contributed by atoms with Crippen LogP contribution in [-0.2, 0) is 4.79 Å². The van der Waals surface area contributed by atoms with E-state index >= 15 is 0 Å². The molecule has 0 spiro atoms. The zero-order valence-corrected chi connectivity index (χ0v) is 10.7. The molecule has 20 heavy (non-hydrogen) atoms. The number of rotatable bonds is 4. The fourth-order valence-corrected chi connectivity index (χ4v) is 1.79. The van der Waals surface area contributed by atoms with Crippen LogP contribution in [0.4, 0.5) is 10.5 Å². The number of nitrogens with one attached hydrogen (secondary N) is 2. The largest absolute Gasteiger partial charge is 0.381 e. The molecule has 2 aromatic rings. The number of carbonyl (C=O) groups excluding carboxylic acids is 2. The molecule has 6 nitrogen and oxygen atoms in total. The van der Waals surface area contributed by atoms with Gasteiger partial charge in [-0.2, -0.15) is 0 Å². The number of nitrogens with two attached hydrogens (primary N) is 1. The Kier molecular flexibility index (Phi) is 4.17. The molecule has 0 saturated heterocycles. The van der Waals surface area contributed by atoms with Crippen molar-refractivity contribution in [1.29, 1.82) is 0 Å². The number of hydrogen-bond acceptors (Lipinski definition) is 3. The third-order valence-electron chi connectivity index (χ3n) is 2.82. The minimum absolute atomic E-state index is 0.230. The third-order valence-corrected chi connectivity index (χ3v) is 2.82. The topological polar surface area (TPSA) is 104 Å². The molecule has 0 radical (unpaired) electrons. The van der Waals surface area contributed by atoms with E-state index in [-0.39, 0.29) is 6.54 Å². The van der Waals surface area contributed by atoms with Crippen molar-refractivity contribution >= 4 is 28.4 Å². The molecule has 0 aliphatic heterocycles. The van der Waals surface area contributed by atoms with Crippen LogP contribution >= 0.6 is 0 Å². The van der Waals surface area contributed by atoms with Crippen LogP contribution in [0.2, 0.25) is 0 Å². The highest BCUT2D eigenvalue weighted by molar-refractivity contribution is 6.01. The number of carbonyl (C=O) groups is 2. The summed E-state index contributed by atoms with van der Waals surface area (Å²) in [4.78, 5) is 22.3. The Bertz CT molecular complexity index is 637. The molecule has 1 unspecified atom stereocenters. The molecule has 0 aliphatic carbocycles. The molecule has 1 atom stereocenters. The van der Waals surface area contributed by atoms with Crippen LogP contribution in [0.15, 0.2) is 42.5 Å². The second-order valence-electron chi connectivity index (χ2n) is 4.28. The van der Waals surface area contributed by atoms with Gasteiger partial charge in [-0.3, -0.25) is 4.79 Å². The molecule has 2 rings (SSSR count). The maximum absolute atomic E-state index is 11.7. The number of fused-ring (bicyclic) bond motifs is 1. The normalized spacial score (nSPS) is 11.8. The number of urea groups is 1. The van der Waals surface area contributed by atoms with E-state index in [2.05, 4.69) is 10.6 Å². The van der Waals surface area contributed by atoms with Gasteiger partial charge < -0.3 is 21.5 Å². The Morgan fingerprint density at radius 3 is 2.60 bits per heavy atom. The number of anilines is 1. The van der Waals surface area contributed by atoms with E-state index < -0.39 is 18.0 Å². The predicted molar refractivity (Wildman–Crippen MR) is 76.2 cm³/mol. The molecule has 0 fully saturated rings. The van der Waals surface area contributed by atoms with E-state index in [4.69, 9.17) is 5.73 Å². The van der Waals surface area contributed by atoms with Gasteiger partial charge in [0.1, 0.15) is 6.10 Å². The Hall–Kier alpha value is -2.60. The predicted octanol–water partition coefficient (Wildman–Crippen LogP) is 0.807. The first-order valence-corrected chi connectivity index (χ1v) is 6.08. The van der Waals surface area contributed by atoms with Crippen molar-refractivity contribution in [3.8, 4) is 0 Å². The van der Waals surface area contributed by atoms with E-state index in [0.29, 0.717) is 5.69 Å². The van der Waals surface area contributed by atoms with Crippen molar-refractivity contribution in [1.82, 2.24) is 5.32 Å². The molecular weight excluding hydrogens is 258 g/mol. The van der Waals surface area contributed by atoms with Crippen LogP contribution < -0.4 is 16.4 Å². The average molecular weight is 273 g/mol. The van der Waals surface area contributed by atoms with Crippen LogP contribution in [0.1, 0.15) is 0 Å². The average Bonchev–Trinajstić information content (AvgIpc) is 2.45. The quantitative estimate of drug-likeness (QED) is 0.662. The fraction of sp³-hybridized carbons (Fsp3) is 0.143. The fourth-order valence-electron chi connectivity index (χ4n) is 1.79. The first-order valence-electron chi connectivity index (χ1n) is 6.08. The van der Waals surface area contributed by atoms with Crippen molar-refractivity contribution in [2.45, 2.75) is 6.10 Å². The van der Waals surface area contributed by atoms with Gasteiger partial charge >= 0.3 is 6.03 Å². The molecule has 6 heteroatoms. The summed E-state index contributed by atoms with van der Waals surface area (Å²) in [5.74, 6) is -0.879. The number of hydrogen-bond donors (Lipinski definition) is 4. The molecule has 5 N–H and O–H groups in total. The summed E-state index contributed by atoms with van der Waals surface area (Å²) in [6, 6.07) is 12.6. The summed E-state index contributed by atoms with van der Waals surface area (Å²) in [5, 5.41) is 16.1. The van der Waals surface area contributed by atoms with Gasteiger partial charge in [-0.05, 0) is 11.5 Å². The lowest BCUT2D eigenvalue weighted by atomic mass is 10.1. The molecule has 0 saturated carbocycles. The lowest BCUT2D eigenvalue weighted by molar-refractivity contribution is -0.125. The molecule has 104 valence electrons. The van der Waals surface area contributed by atoms with Crippen molar-refractivity contribution in [2.75, 3.05) is 11.9 Å². The highest BCUT2D eigenvalue weighted by atomic mass is 16.3. The number of aliphatic hydroxyl groups excluding tert-OH is 1. The van der Waals surface area contributed by atoms with Crippen molar-refractivity contribution < 1.29 is 14.7 Å². The van der Waals surface area contributed by atoms with E-state index in [0.717, 1.165) is 10.8 Å². The van der Waals surface area contributed by atoms with E-state index in [1.54, 1.807) is 6.07 Å². The Labute approximate surface area is 115 Å². The molecule has 0 heterocycles. The van der Waals surface area contributed by atoms with Crippen molar-refractivity contribution in [3.63, 3.8) is 0 Å². The Morgan fingerprint density at radius 1 is 1.15 bits per heavy atom. The highest BCUT2D eigenvalue weighted by Crippen LogP contribution is 2.22. The zero-order valence-electron chi connectivity index (χ0n) is 10.7. The first-order chi connectivity index (χ1) is 9.58. The van der Waals surface area contributed by atoms with Gasteiger partial charge in [0.25, 0.3) is 0 Å². The van der Waals surface area contributed by atoms with Gasteiger partial charge in [0, 0.05) is 5.39 Å². The summed E-state index contributed by atoms with van der Waals surface area (Å²) in [6.45, 7) is -0.230. The van der Waals surface area contributed by atoms with E-state index in [1.165, 1.54) is 0 Å². The van der Waals surface area contributed by atoms with Gasteiger partial charge in [-0.1, -0.05) is 36.4 Å². The van der Waals surface area contributed by atoms with Crippen LogP contribution in [0.5, 0.6) is 0 Å². The van der Waals surface area contributed by atoms with Crippen LogP contribution in [0.25, 0.3) is 10.8 Å². The summed E-state index contributed by atoms with van der Waals surface area (Å²) in [7, 11) is 0. The maximum atomic E-state index is 11.7. The van der Waals surface area contributed by atoms with Gasteiger partial charge in [0.05, 0.1) is 12.2 Å². The molecule has 0 bridgehead atoms. The molecule has 3 amide bonds. The molecule has 0 aliphatic rings. The Balaban J connectivity index is 2.05. The zero-order chi connectivity index (χ0) is 14.5. The van der Waals surface area contributed by atoms with Gasteiger partial charge in [0.2, 0.25) is 5.91 Å². The first kappa shape index (κ1) is 13.8. The standard InChI is InChI=1S/C14H15N3O3/c15-13(19)12(18)8-16-14(20)17-11-7-3-5-9-4-1-2-6-10(9)11/h1-7,12,18H,8H2,(H2,15,19)(H2,16,17,20). The lowest BCUT2D eigenvalue weighted by Crippen LogP contribution is -2.41. The van der Waals surface area contributed by atoms with Crippen LogP contribution in [-0.4, -0.2) is 29.7 Å². The summed E-state index contributed by atoms with van der Waals surface area (Å²) < 4.78 is 0. The summed E-state index contributed by atoms with van der Waals surface area (Å²) in [5.41, 5.74) is 5.54. The van der Waals surface area contributed by atoms with Gasteiger partial charge in [-0.15, -0.1) is 0 Å². The Morgan fingerprint density at radius 2 is 1.85 bits per heavy atom. The molecule has 2 aromatic carbocycles. The maximum Gasteiger partial charge on any atom is 0.319 e. The van der Waals surface area contributed by atoms with Crippen molar-refractivity contribution in [3.05, 3.63) is 42.5 Å². The second-order valence-corrected chi connectivity index (χ2v) is 4.28. The number of primary amides is 1. The van der Waals surface area contributed by atoms with Crippen LogP contribution in [0.3, 0.4) is 0 Å². The van der Waals surface area contributed by atoms with E-state index in [1.807, 2.05) is 36.4 Å². The third kappa shape index (κ3) is 3.24.